The lowest BCUT2D eigenvalue weighted by Gasteiger charge is -2.43. The molecule has 1 unspecified atom stereocenters. The van der Waals surface area contributed by atoms with Crippen LogP contribution in [0.5, 0.6) is 0 Å². The number of nitrogens with one attached hydrogen (secondary N) is 1. The van der Waals surface area contributed by atoms with Gasteiger partial charge in [-0.25, -0.2) is 8.78 Å². The predicted octanol–water partition coefficient (Wildman–Crippen LogP) is 5.85. The fourth-order valence-corrected chi connectivity index (χ4v) is 6.33. The normalized spacial score (nSPS) is 22.8. The Bertz CT molecular complexity index is 979. The summed E-state index contributed by atoms with van der Waals surface area (Å²) in [7, 11) is 0. The van der Waals surface area contributed by atoms with Crippen LogP contribution in [0.15, 0.2) is 36.4 Å². The minimum absolute atomic E-state index is 0.127. The number of hydrogen-bond donors (Lipinski definition) is 1. The minimum atomic E-state index is -0.814. The Kier molecular flexibility index (Phi) is 5.51. The molecule has 0 bridgehead atoms. The van der Waals surface area contributed by atoms with E-state index in [1.165, 1.54) is 18.9 Å². The van der Waals surface area contributed by atoms with Crippen LogP contribution >= 0.6 is 11.6 Å². The van der Waals surface area contributed by atoms with Crippen molar-refractivity contribution in [3.05, 3.63) is 64.2 Å². The van der Waals surface area contributed by atoms with Gasteiger partial charge in [-0.3, -0.25) is 4.79 Å². The van der Waals surface area contributed by atoms with E-state index < -0.39 is 23.1 Å². The van der Waals surface area contributed by atoms with E-state index in [2.05, 4.69) is 5.32 Å². The van der Waals surface area contributed by atoms with E-state index in [9.17, 15) is 13.6 Å². The number of anilines is 1. The number of benzene rings is 2. The zero-order chi connectivity index (χ0) is 21.6. The van der Waals surface area contributed by atoms with Gasteiger partial charge in [0.15, 0.2) is 0 Å². The highest BCUT2D eigenvalue weighted by molar-refractivity contribution is 6.30. The van der Waals surface area contributed by atoms with E-state index in [-0.39, 0.29) is 11.5 Å². The number of carbonyl (C=O) groups is 1. The summed E-state index contributed by atoms with van der Waals surface area (Å²) in [5.41, 5.74) is 1.09. The van der Waals surface area contributed by atoms with Crippen LogP contribution in [0, 0.1) is 17.6 Å². The molecule has 2 heterocycles. The summed E-state index contributed by atoms with van der Waals surface area (Å²) in [6.45, 7) is 1.70. The fourth-order valence-electron chi connectivity index (χ4n) is 6.15. The molecule has 0 aromatic heterocycles. The molecule has 1 aliphatic carbocycles. The molecule has 1 N–H and O–H groups in total. The molecule has 1 spiro atoms. The van der Waals surface area contributed by atoms with Crippen molar-refractivity contribution >= 4 is 23.2 Å². The SMILES string of the molecule is O=C(c1c(F)cccc1F)N1c2ccc(Cl)cc2C2(CCNCC2)C1CC1CCCC1. The zero-order valence-corrected chi connectivity index (χ0v) is 18.2. The van der Waals surface area contributed by atoms with Gasteiger partial charge in [0, 0.05) is 22.2 Å². The molecule has 1 saturated heterocycles. The van der Waals surface area contributed by atoms with Crippen LogP contribution in [0.4, 0.5) is 14.5 Å². The van der Waals surface area contributed by atoms with Crippen LogP contribution in [0.2, 0.25) is 5.02 Å². The Morgan fingerprint density at radius 2 is 1.77 bits per heavy atom. The van der Waals surface area contributed by atoms with E-state index in [0.717, 1.165) is 68.6 Å². The standard InChI is InChI=1S/C25H27ClF2N2O/c26-17-8-9-21-18(15-17)25(10-12-29-13-11-25)22(14-16-4-1-2-5-16)30(21)24(31)23-19(27)6-3-7-20(23)28/h3,6-9,15-16,22,29H,1-2,4-5,10-14H2. The molecule has 164 valence electrons. The Labute approximate surface area is 186 Å². The number of hydrogen-bond acceptors (Lipinski definition) is 2. The first-order valence-corrected chi connectivity index (χ1v) is 11.7. The summed E-state index contributed by atoms with van der Waals surface area (Å²) in [5, 5.41) is 4.06. The lowest BCUT2D eigenvalue weighted by atomic mass is 9.67. The second-order valence-corrected chi connectivity index (χ2v) is 9.68. The first-order valence-electron chi connectivity index (χ1n) is 11.3. The maximum absolute atomic E-state index is 14.6. The molecule has 5 rings (SSSR count). The summed E-state index contributed by atoms with van der Waals surface area (Å²) in [5.74, 6) is -1.68. The number of carbonyl (C=O) groups excluding carboxylic acids is 1. The van der Waals surface area contributed by atoms with Crippen LogP contribution in [0.25, 0.3) is 0 Å². The Morgan fingerprint density at radius 1 is 1.10 bits per heavy atom. The van der Waals surface area contributed by atoms with Crippen molar-refractivity contribution < 1.29 is 13.6 Å². The highest BCUT2D eigenvalue weighted by atomic mass is 35.5. The van der Waals surface area contributed by atoms with Gasteiger partial charge in [0.05, 0.1) is 0 Å². The largest absolute Gasteiger partial charge is 0.317 e. The van der Waals surface area contributed by atoms with Crippen molar-refractivity contribution in [1.82, 2.24) is 5.32 Å². The third-order valence-corrected chi connectivity index (χ3v) is 7.86. The third-order valence-electron chi connectivity index (χ3n) is 7.63. The highest BCUT2D eigenvalue weighted by Crippen LogP contribution is 2.54. The first-order chi connectivity index (χ1) is 15.0. The maximum atomic E-state index is 14.6. The molecule has 2 aliphatic heterocycles. The van der Waals surface area contributed by atoms with Crippen molar-refractivity contribution in [3.63, 3.8) is 0 Å². The highest BCUT2D eigenvalue weighted by Gasteiger charge is 2.54. The van der Waals surface area contributed by atoms with E-state index >= 15 is 0 Å². The molecule has 2 aromatic carbocycles. The lowest BCUT2D eigenvalue weighted by molar-refractivity contribution is 0.0948. The summed E-state index contributed by atoms with van der Waals surface area (Å²) in [6.07, 6.45) is 7.33. The van der Waals surface area contributed by atoms with E-state index in [1.54, 1.807) is 11.0 Å². The average Bonchev–Trinajstić information content (AvgIpc) is 3.35. The number of rotatable bonds is 3. The Hall–Kier alpha value is -1.98. The molecule has 3 aliphatic rings. The van der Waals surface area contributed by atoms with Crippen LogP contribution in [-0.2, 0) is 5.41 Å². The quantitative estimate of drug-likeness (QED) is 0.644. The van der Waals surface area contributed by atoms with Crippen LogP contribution < -0.4 is 10.2 Å². The third kappa shape index (κ3) is 3.46. The summed E-state index contributed by atoms with van der Waals surface area (Å²) >= 11 is 6.40. The van der Waals surface area contributed by atoms with Gasteiger partial charge in [0.1, 0.15) is 17.2 Å². The number of fused-ring (bicyclic) bond motifs is 2. The van der Waals surface area contributed by atoms with Gasteiger partial charge < -0.3 is 10.2 Å². The topological polar surface area (TPSA) is 32.3 Å². The van der Waals surface area contributed by atoms with Crippen molar-refractivity contribution in [3.8, 4) is 0 Å². The molecule has 1 saturated carbocycles. The number of halogens is 3. The molecular formula is C25H27ClF2N2O. The molecule has 0 radical (unpaired) electrons. The molecule has 3 nitrogen and oxygen atoms in total. The zero-order valence-electron chi connectivity index (χ0n) is 17.5. The van der Waals surface area contributed by atoms with Crippen LogP contribution in [-0.4, -0.2) is 25.0 Å². The van der Waals surface area contributed by atoms with E-state index in [4.69, 9.17) is 11.6 Å². The summed E-state index contributed by atoms with van der Waals surface area (Å²) < 4.78 is 29.3. The molecule has 31 heavy (non-hydrogen) atoms. The van der Waals surface area contributed by atoms with Gasteiger partial charge in [0.25, 0.3) is 5.91 Å². The van der Waals surface area contributed by atoms with Crippen LogP contribution in [0.3, 0.4) is 0 Å². The monoisotopic (exact) mass is 444 g/mol. The Morgan fingerprint density at radius 3 is 2.45 bits per heavy atom. The second-order valence-electron chi connectivity index (χ2n) is 9.24. The van der Waals surface area contributed by atoms with Crippen molar-refractivity contribution in [1.29, 1.82) is 0 Å². The first kappa shape index (κ1) is 20.9. The molecule has 1 amide bonds. The van der Waals surface area contributed by atoms with Crippen molar-refractivity contribution in [2.45, 2.75) is 56.4 Å². The predicted molar refractivity (Wildman–Crippen MR) is 119 cm³/mol. The number of amides is 1. The second kappa shape index (κ2) is 8.18. The van der Waals surface area contributed by atoms with E-state index in [0.29, 0.717) is 10.9 Å². The van der Waals surface area contributed by atoms with Gasteiger partial charge in [0.2, 0.25) is 0 Å². The average molecular weight is 445 g/mol. The van der Waals surface area contributed by atoms with Gasteiger partial charge in [-0.2, -0.15) is 0 Å². The molecular weight excluding hydrogens is 418 g/mol. The van der Waals surface area contributed by atoms with Crippen LogP contribution in [0.1, 0.15) is 60.9 Å². The molecule has 6 heteroatoms. The molecule has 1 atom stereocenters. The fraction of sp³-hybridized carbons (Fsp3) is 0.480. The lowest BCUT2D eigenvalue weighted by Crippen LogP contribution is -2.52. The van der Waals surface area contributed by atoms with Gasteiger partial charge in [-0.05, 0) is 74.2 Å². The number of piperidine rings is 1. The minimum Gasteiger partial charge on any atom is -0.317 e. The van der Waals surface area contributed by atoms with Gasteiger partial charge in [-0.1, -0.05) is 43.4 Å². The summed E-state index contributed by atoms with van der Waals surface area (Å²) in [6, 6.07) is 9.07. The molecule has 2 aromatic rings. The summed E-state index contributed by atoms with van der Waals surface area (Å²) in [4.78, 5) is 15.4. The van der Waals surface area contributed by atoms with Gasteiger partial charge >= 0.3 is 0 Å². The maximum Gasteiger partial charge on any atom is 0.264 e. The van der Waals surface area contributed by atoms with Crippen molar-refractivity contribution in [2.75, 3.05) is 18.0 Å². The molecule has 2 fully saturated rings. The van der Waals surface area contributed by atoms with Crippen molar-refractivity contribution in [2.24, 2.45) is 5.92 Å². The van der Waals surface area contributed by atoms with Gasteiger partial charge in [-0.15, -0.1) is 0 Å². The smallest absolute Gasteiger partial charge is 0.264 e. The number of nitrogens with zero attached hydrogens (tertiary/aromatic N) is 1. The van der Waals surface area contributed by atoms with E-state index in [1.807, 2.05) is 12.1 Å². The Balaban J connectivity index is 1.66.